The van der Waals surface area contributed by atoms with Crippen LogP contribution in [0.2, 0.25) is 0 Å². The highest BCUT2D eigenvalue weighted by Gasteiger charge is 2.32. The van der Waals surface area contributed by atoms with Gasteiger partial charge in [0.2, 0.25) is 15.7 Å². The van der Waals surface area contributed by atoms with Crippen LogP contribution in [-0.2, 0) is 21.0 Å². The fraction of sp³-hybridized carbons (Fsp3) is 0.276. The lowest BCUT2D eigenvalue weighted by atomic mass is 10.1. The lowest BCUT2D eigenvalue weighted by Gasteiger charge is -2.25. The first kappa shape index (κ1) is 28.1. The van der Waals surface area contributed by atoms with Crippen molar-refractivity contribution in [3.05, 3.63) is 101 Å². The number of hydrogen-bond acceptors (Lipinski definition) is 7. The van der Waals surface area contributed by atoms with Crippen molar-refractivity contribution in [1.29, 1.82) is 0 Å². The second kappa shape index (κ2) is 12.3. The lowest BCUT2D eigenvalue weighted by Crippen LogP contribution is -2.29. The third kappa shape index (κ3) is 6.07. The van der Waals surface area contributed by atoms with Gasteiger partial charge >= 0.3 is 0 Å². The summed E-state index contributed by atoms with van der Waals surface area (Å²) in [5.41, 5.74) is 0.731. The molecule has 0 spiro atoms. The van der Waals surface area contributed by atoms with Crippen LogP contribution in [0, 0.1) is 5.82 Å². The van der Waals surface area contributed by atoms with Gasteiger partial charge in [-0.05, 0) is 35.7 Å². The minimum Gasteiger partial charge on any atom is -0.493 e. The minimum absolute atomic E-state index is 0.110. The lowest BCUT2D eigenvalue weighted by molar-refractivity contribution is 0.161. The molecule has 204 valence electrons. The molecular formula is C29H30FN3O5S. The van der Waals surface area contributed by atoms with Crippen LogP contribution in [0.3, 0.4) is 0 Å². The molecule has 10 heteroatoms. The van der Waals surface area contributed by atoms with Crippen LogP contribution in [0.15, 0.2) is 87.6 Å². The number of halogens is 1. The predicted octanol–water partition coefficient (Wildman–Crippen LogP) is 4.95. The van der Waals surface area contributed by atoms with Gasteiger partial charge in [-0.15, -0.1) is 0 Å². The van der Waals surface area contributed by atoms with Gasteiger partial charge in [0, 0.05) is 25.3 Å². The molecule has 0 aliphatic rings. The molecular weight excluding hydrogens is 521 g/mol. The van der Waals surface area contributed by atoms with E-state index in [0.717, 1.165) is 24.6 Å². The largest absolute Gasteiger partial charge is 0.493 e. The Bertz CT molecular complexity index is 1590. The quantitative estimate of drug-likeness (QED) is 0.263. The Hall–Kier alpha value is -3.89. The van der Waals surface area contributed by atoms with Gasteiger partial charge in [0.25, 0.3) is 5.56 Å². The van der Waals surface area contributed by atoms with E-state index in [1.54, 1.807) is 0 Å². The summed E-state index contributed by atoms with van der Waals surface area (Å²) in [7, 11) is -2.97. The molecule has 8 nitrogen and oxygen atoms in total. The van der Waals surface area contributed by atoms with E-state index in [2.05, 4.69) is 9.97 Å². The van der Waals surface area contributed by atoms with E-state index < -0.39 is 38.0 Å². The molecule has 2 aromatic heterocycles. The Morgan fingerprint density at radius 3 is 2.38 bits per heavy atom. The summed E-state index contributed by atoms with van der Waals surface area (Å²) in [4.78, 5) is 20.1. The van der Waals surface area contributed by atoms with E-state index in [1.165, 1.54) is 48.2 Å². The smallest absolute Gasteiger partial charge is 0.296 e. The first-order valence-corrected chi connectivity index (χ1v) is 14.1. The Morgan fingerprint density at radius 1 is 1.03 bits per heavy atom. The molecule has 4 aromatic rings. The van der Waals surface area contributed by atoms with E-state index in [0.29, 0.717) is 24.0 Å². The van der Waals surface area contributed by atoms with Crippen molar-refractivity contribution in [2.75, 3.05) is 13.7 Å². The molecule has 1 N–H and O–H groups in total. The van der Waals surface area contributed by atoms with Crippen molar-refractivity contribution in [3.63, 3.8) is 0 Å². The zero-order valence-corrected chi connectivity index (χ0v) is 22.6. The van der Waals surface area contributed by atoms with Crippen LogP contribution in [0.4, 0.5) is 4.39 Å². The Balaban J connectivity index is 1.85. The molecule has 0 aliphatic carbocycles. The molecule has 1 atom stereocenters. The Morgan fingerprint density at radius 2 is 1.74 bits per heavy atom. The van der Waals surface area contributed by atoms with E-state index in [-0.39, 0.29) is 17.3 Å². The average molecular weight is 552 g/mol. The monoisotopic (exact) mass is 551 g/mol. The number of aryl methyl sites for hydroxylation is 1. The summed E-state index contributed by atoms with van der Waals surface area (Å²) < 4.78 is 47.8. The third-order valence-electron chi connectivity index (χ3n) is 6.43. The number of sulfone groups is 1. The molecule has 0 bridgehead atoms. The molecule has 0 amide bonds. The van der Waals surface area contributed by atoms with Crippen LogP contribution < -0.4 is 5.56 Å². The van der Waals surface area contributed by atoms with Gasteiger partial charge < -0.3 is 9.84 Å². The number of methoxy groups -OCH3 is 1. The molecule has 0 saturated heterocycles. The highest BCUT2D eigenvalue weighted by atomic mass is 32.2. The van der Waals surface area contributed by atoms with Crippen LogP contribution in [0.5, 0.6) is 5.88 Å². The van der Waals surface area contributed by atoms with E-state index in [9.17, 15) is 22.7 Å². The number of pyridine rings is 1. The molecule has 1 unspecified atom stereocenters. The Labute approximate surface area is 226 Å². The maximum atomic E-state index is 13.7. The van der Waals surface area contributed by atoms with Gasteiger partial charge in [0.05, 0.1) is 23.7 Å². The van der Waals surface area contributed by atoms with Gasteiger partial charge in [-0.2, -0.15) is 4.98 Å². The van der Waals surface area contributed by atoms with Gasteiger partial charge in [-0.1, -0.05) is 62.2 Å². The number of aromatic hydroxyl groups is 1. The molecule has 0 radical (unpaired) electrons. The topological polar surface area (TPSA) is 111 Å². The normalized spacial score (nSPS) is 12.4. The summed E-state index contributed by atoms with van der Waals surface area (Å²) in [6.07, 6.45) is 5.42. The SMILES string of the molecule is CCCCCc1nc(=O)c(S(=O)(=O)c2ccc(-c3cncc(F)c3)cc2)c(O)n1C(COC)c1ccccc1. The van der Waals surface area contributed by atoms with Crippen molar-refractivity contribution >= 4 is 9.84 Å². The van der Waals surface area contributed by atoms with Gasteiger partial charge in [-0.25, -0.2) is 12.8 Å². The first-order chi connectivity index (χ1) is 18.8. The van der Waals surface area contributed by atoms with Gasteiger partial charge in [0.1, 0.15) is 11.6 Å². The van der Waals surface area contributed by atoms with Crippen molar-refractivity contribution in [1.82, 2.24) is 14.5 Å². The second-order valence-corrected chi connectivity index (χ2v) is 11.0. The number of ether oxygens (including phenoxy) is 1. The predicted molar refractivity (Wildman–Crippen MR) is 145 cm³/mol. The maximum Gasteiger partial charge on any atom is 0.296 e. The summed E-state index contributed by atoms with van der Waals surface area (Å²) in [5, 5.41) is 11.5. The maximum absolute atomic E-state index is 13.7. The van der Waals surface area contributed by atoms with E-state index in [4.69, 9.17) is 4.74 Å². The van der Waals surface area contributed by atoms with Crippen LogP contribution in [-0.4, -0.2) is 41.8 Å². The molecule has 0 fully saturated rings. The third-order valence-corrected chi connectivity index (χ3v) is 8.22. The van der Waals surface area contributed by atoms with Crippen LogP contribution in [0.25, 0.3) is 11.1 Å². The van der Waals surface area contributed by atoms with Crippen LogP contribution in [0.1, 0.15) is 43.6 Å². The van der Waals surface area contributed by atoms with Gasteiger partial charge in [0.15, 0.2) is 4.90 Å². The van der Waals surface area contributed by atoms with Crippen molar-refractivity contribution in [3.8, 4) is 17.0 Å². The zero-order valence-electron chi connectivity index (χ0n) is 21.7. The standard InChI is InChI=1S/C29H30FN3O5S/c1-3-4-6-11-26-32-28(34)27(29(35)33(26)25(19-38-2)21-9-7-5-8-10-21)39(36,37)24-14-12-20(13-15-24)22-16-23(30)18-31-17-22/h5,7-10,12-18,25,35H,3-4,6,11,19H2,1-2H3. The highest BCUT2D eigenvalue weighted by Crippen LogP contribution is 2.33. The highest BCUT2D eigenvalue weighted by molar-refractivity contribution is 7.91. The van der Waals surface area contributed by atoms with E-state index >= 15 is 0 Å². The fourth-order valence-electron chi connectivity index (χ4n) is 4.49. The average Bonchev–Trinajstić information content (AvgIpc) is 2.93. The number of unbranched alkanes of at least 4 members (excludes halogenated alkanes) is 2. The molecule has 2 aromatic carbocycles. The molecule has 4 rings (SSSR count). The van der Waals surface area contributed by atoms with Crippen LogP contribution >= 0.6 is 0 Å². The summed E-state index contributed by atoms with van der Waals surface area (Å²) in [6, 6.07) is 15.4. The number of benzene rings is 2. The fourth-order valence-corrected chi connectivity index (χ4v) is 5.83. The second-order valence-electron chi connectivity index (χ2n) is 9.11. The molecule has 39 heavy (non-hydrogen) atoms. The van der Waals surface area contributed by atoms with E-state index in [1.807, 2.05) is 37.3 Å². The van der Waals surface area contributed by atoms with Gasteiger partial charge in [-0.3, -0.25) is 14.3 Å². The first-order valence-electron chi connectivity index (χ1n) is 12.6. The minimum atomic E-state index is -4.48. The number of hydrogen-bond donors (Lipinski definition) is 1. The zero-order chi connectivity index (χ0) is 28.0. The number of rotatable bonds is 11. The molecule has 0 saturated carbocycles. The number of aromatic nitrogens is 3. The molecule has 2 heterocycles. The summed E-state index contributed by atoms with van der Waals surface area (Å²) in [5.74, 6) is -0.931. The van der Waals surface area contributed by atoms with Crippen molar-refractivity contribution in [2.24, 2.45) is 0 Å². The van der Waals surface area contributed by atoms with Crippen molar-refractivity contribution < 1.29 is 22.7 Å². The van der Waals surface area contributed by atoms with Crippen molar-refractivity contribution in [2.45, 2.75) is 48.4 Å². The summed E-state index contributed by atoms with van der Waals surface area (Å²) >= 11 is 0. The molecule has 0 aliphatic heterocycles. The number of nitrogens with zero attached hydrogens (tertiary/aromatic N) is 3. The summed E-state index contributed by atoms with van der Waals surface area (Å²) in [6.45, 7) is 2.15. The Kier molecular flexibility index (Phi) is 8.88.